The van der Waals surface area contributed by atoms with E-state index in [4.69, 9.17) is 34.0 Å². The van der Waals surface area contributed by atoms with Crippen LogP contribution in [0.2, 0.25) is 5.02 Å². The van der Waals surface area contributed by atoms with E-state index in [-0.39, 0.29) is 26.9 Å². The first kappa shape index (κ1) is 21.8. The minimum Gasteiger partial charge on any atom is -0.455 e. The summed E-state index contributed by atoms with van der Waals surface area (Å²) in [4.78, 5) is 25.0. The van der Waals surface area contributed by atoms with Crippen LogP contribution < -0.4 is 22.0 Å². The molecule has 0 spiro atoms. The molecule has 0 saturated carbocycles. The van der Waals surface area contributed by atoms with Gasteiger partial charge in [-0.25, -0.2) is 0 Å². The number of benzene rings is 1. The van der Waals surface area contributed by atoms with Crippen LogP contribution in [-0.2, 0) is 6.42 Å². The van der Waals surface area contributed by atoms with Crippen molar-refractivity contribution < 1.29 is 14.0 Å². The Labute approximate surface area is 184 Å². The topological polar surface area (TPSA) is 122 Å². The van der Waals surface area contributed by atoms with Gasteiger partial charge in [0.2, 0.25) is 0 Å². The van der Waals surface area contributed by atoms with Crippen molar-refractivity contribution in [3.05, 3.63) is 57.5 Å². The van der Waals surface area contributed by atoms with Gasteiger partial charge in [-0.1, -0.05) is 37.6 Å². The fourth-order valence-corrected chi connectivity index (χ4v) is 3.70. The largest absolute Gasteiger partial charge is 0.455 e. The first-order chi connectivity index (χ1) is 14.1. The van der Waals surface area contributed by atoms with Crippen LogP contribution in [0.5, 0.6) is 0 Å². The summed E-state index contributed by atoms with van der Waals surface area (Å²) in [6.07, 6.45) is 1.29. The standard InChI is InChI=1S/C20H22ClN5O3S/c1-10-15-13(23-26-19(22)30)8-20(2,3)9-14(15)29-16(10)18(28)25-24-17(27)11-6-4-5-7-12(11)21/h4-7H,8-9H2,1-3H3,(H,24,27)(H,25,28)(H3,22,26,30)/b23-13-. The maximum absolute atomic E-state index is 12.7. The predicted molar refractivity (Wildman–Crippen MR) is 118 cm³/mol. The predicted octanol–water partition coefficient (Wildman–Crippen LogP) is 2.83. The van der Waals surface area contributed by atoms with Gasteiger partial charge in [-0.15, -0.1) is 0 Å². The molecule has 3 rings (SSSR count). The van der Waals surface area contributed by atoms with Gasteiger partial charge in [0.25, 0.3) is 5.91 Å². The van der Waals surface area contributed by atoms with Gasteiger partial charge in [-0.2, -0.15) is 5.10 Å². The summed E-state index contributed by atoms with van der Waals surface area (Å²) in [6, 6.07) is 6.53. The number of nitrogens with two attached hydrogens (primary N) is 1. The van der Waals surface area contributed by atoms with Gasteiger partial charge in [0, 0.05) is 17.5 Å². The fraction of sp³-hybridized carbons (Fsp3) is 0.300. The van der Waals surface area contributed by atoms with Crippen molar-refractivity contribution in [1.82, 2.24) is 16.3 Å². The highest BCUT2D eigenvalue weighted by Crippen LogP contribution is 2.38. The highest BCUT2D eigenvalue weighted by Gasteiger charge is 2.36. The van der Waals surface area contributed by atoms with Gasteiger partial charge in [0.1, 0.15) is 5.76 Å². The zero-order chi connectivity index (χ0) is 22.1. The SMILES string of the molecule is Cc1c(C(=O)NNC(=O)c2ccccc2Cl)oc2c1/C(=N\NC(N)=S)CC(C)(C)C2. The average molecular weight is 448 g/mol. The van der Waals surface area contributed by atoms with Crippen molar-refractivity contribution in [2.24, 2.45) is 16.3 Å². The highest BCUT2D eigenvalue weighted by atomic mass is 35.5. The summed E-state index contributed by atoms with van der Waals surface area (Å²) >= 11 is 10.8. The summed E-state index contributed by atoms with van der Waals surface area (Å²) in [7, 11) is 0. The quantitative estimate of drug-likeness (QED) is 0.424. The molecule has 1 heterocycles. The van der Waals surface area contributed by atoms with Gasteiger partial charge in [-0.05, 0) is 43.1 Å². The van der Waals surface area contributed by atoms with Crippen LogP contribution in [-0.4, -0.2) is 22.6 Å². The van der Waals surface area contributed by atoms with Gasteiger partial charge in [-0.3, -0.25) is 25.9 Å². The number of rotatable bonds is 3. The number of hydrazine groups is 1. The van der Waals surface area contributed by atoms with E-state index in [0.29, 0.717) is 29.9 Å². The normalized spacial score (nSPS) is 15.9. The molecule has 0 aliphatic heterocycles. The molecule has 2 aromatic rings. The molecule has 1 aliphatic carbocycles. The Morgan fingerprint density at radius 2 is 1.87 bits per heavy atom. The van der Waals surface area contributed by atoms with Crippen LogP contribution >= 0.6 is 23.8 Å². The number of hydrazone groups is 1. The third kappa shape index (κ3) is 4.63. The molecule has 1 aromatic carbocycles. The third-order valence-electron chi connectivity index (χ3n) is 4.71. The van der Waals surface area contributed by atoms with Crippen molar-refractivity contribution in [3.8, 4) is 0 Å². The smallest absolute Gasteiger partial charge is 0.305 e. The maximum atomic E-state index is 12.7. The van der Waals surface area contributed by atoms with E-state index in [0.717, 1.165) is 5.56 Å². The number of hydrogen-bond acceptors (Lipinski definition) is 5. The van der Waals surface area contributed by atoms with E-state index >= 15 is 0 Å². The summed E-state index contributed by atoms with van der Waals surface area (Å²) in [5.41, 5.74) is 15.0. The number of amides is 2. The Bertz CT molecular complexity index is 1060. The minimum atomic E-state index is -0.582. The summed E-state index contributed by atoms with van der Waals surface area (Å²) < 4.78 is 5.87. The van der Waals surface area contributed by atoms with E-state index in [9.17, 15) is 9.59 Å². The van der Waals surface area contributed by atoms with Crippen LogP contribution in [0.4, 0.5) is 0 Å². The number of thiocarbonyl (C=S) groups is 1. The Hall–Kier alpha value is -2.91. The molecule has 0 saturated heterocycles. The number of carbonyl (C=O) groups is 2. The summed E-state index contributed by atoms with van der Waals surface area (Å²) in [6.45, 7) is 5.92. The monoisotopic (exact) mass is 447 g/mol. The van der Waals surface area contributed by atoms with E-state index in [1.165, 1.54) is 0 Å². The molecule has 5 N–H and O–H groups in total. The van der Waals surface area contributed by atoms with Crippen LogP contribution in [0.15, 0.2) is 33.8 Å². The molecule has 0 atom stereocenters. The first-order valence-corrected chi connectivity index (χ1v) is 9.97. The number of fused-ring (bicyclic) bond motifs is 1. The van der Waals surface area contributed by atoms with Gasteiger partial charge in [0.15, 0.2) is 10.9 Å². The summed E-state index contributed by atoms with van der Waals surface area (Å²) in [5, 5.41) is 4.63. The lowest BCUT2D eigenvalue weighted by molar-refractivity contribution is 0.0828. The molecular formula is C20H22ClN5O3S. The zero-order valence-electron chi connectivity index (χ0n) is 16.8. The van der Waals surface area contributed by atoms with E-state index in [2.05, 4.69) is 35.2 Å². The molecule has 1 aromatic heterocycles. The first-order valence-electron chi connectivity index (χ1n) is 9.19. The number of hydrogen-bond donors (Lipinski definition) is 4. The minimum absolute atomic E-state index is 0.0498. The van der Waals surface area contributed by atoms with Crippen LogP contribution in [0, 0.1) is 12.3 Å². The lowest BCUT2D eigenvalue weighted by Crippen LogP contribution is -2.41. The Kier molecular flexibility index (Phi) is 6.14. The molecule has 0 bridgehead atoms. The molecular weight excluding hydrogens is 426 g/mol. The molecule has 8 nitrogen and oxygen atoms in total. The second-order valence-corrected chi connectivity index (χ2v) is 8.64. The molecule has 30 heavy (non-hydrogen) atoms. The highest BCUT2D eigenvalue weighted by molar-refractivity contribution is 7.80. The molecule has 0 radical (unpaired) electrons. The lowest BCUT2D eigenvalue weighted by Gasteiger charge is -2.29. The lowest BCUT2D eigenvalue weighted by atomic mass is 9.75. The van der Waals surface area contributed by atoms with E-state index in [1.54, 1.807) is 31.2 Å². The average Bonchev–Trinajstić information content (AvgIpc) is 2.99. The Balaban J connectivity index is 1.83. The molecule has 2 amide bonds. The van der Waals surface area contributed by atoms with Crippen molar-refractivity contribution in [2.75, 3.05) is 0 Å². The van der Waals surface area contributed by atoms with Crippen LogP contribution in [0.25, 0.3) is 0 Å². The van der Waals surface area contributed by atoms with E-state index < -0.39 is 11.8 Å². The molecule has 10 heteroatoms. The van der Waals surface area contributed by atoms with Gasteiger partial charge >= 0.3 is 5.91 Å². The van der Waals surface area contributed by atoms with Gasteiger partial charge in [0.05, 0.1) is 16.3 Å². The van der Waals surface area contributed by atoms with Crippen LogP contribution in [0.1, 0.15) is 58.1 Å². The van der Waals surface area contributed by atoms with Crippen molar-refractivity contribution in [2.45, 2.75) is 33.6 Å². The molecule has 1 aliphatic rings. The third-order valence-corrected chi connectivity index (χ3v) is 5.13. The zero-order valence-corrected chi connectivity index (χ0v) is 18.3. The molecule has 0 unspecified atom stereocenters. The van der Waals surface area contributed by atoms with Gasteiger partial charge < -0.3 is 10.2 Å². The number of nitrogens with one attached hydrogen (secondary N) is 3. The molecule has 0 fully saturated rings. The fourth-order valence-electron chi connectivity index (χ4n) is 3.43. The number of carbonyl (C=O) groups excluding carboxylic acids is 2. The number of nitrogens with zero attached hydrogens (tertiary/aromatic N) is 1. The van der Waals surface area contributed by atoms with Crippen LogP contribution in [0.3, 0.4) is 0 Å². The maximum Gasteiger partial charge on any atom is 0.305 e. The Morgan fingerprint density at radius 1 is 1.20 bits per heavy atom. The second kappa shape index (κ2) is 8.45. The Morgan fingerprint density at radius 3 is 2.53 bits per heavy atom. The number of furan rings is 1. The molecule has 158 valence electrons. The van der Waals surface area contributed by atoms with Crippen molar-refractivity contribution in [1.29, 1.82) is 0 Å². The number of halogens is 1. The summed E-state index contributed by atoms with van der Waals surface area (Å²) in [5.74, 6) is -0.372. The second-order valence-electron chi connectivity index (χ2n) is 7.79. The van der Waals surface area contributed by atoms with Crippen molar-refractivity contribution >= 4 is 46.5 Å². The van der Waals surface area contributed by atoms with E-state index in [1.807, 2.05) is 0 Å². The van der Waals surface area contributed by atoms with Crippen molar-refractivity contribution in [3.63, 3.8) is 0 Å².